The predicted octanol–water partition coefficient (Wildman–Crippen LogP) is 3.08. The maximum atomic E-state index is 9.76. The summed E-state index contributed by atoms with van der Waals surface area (Å²) in [6, 6.07) is 5.01. The van der Waals surface area contributed by atoms with Gasteiger partial charge in [0.05, 0.1) is 5.02 Å². The topological polar surface area (TPSA) is 41.5 Å². The minimum Gasteiger partial charge on any atom is -0.489 e. The van der Waals surface area contributed by atoms with Crippen LogP contribution in [-0.4, -0.2) is 42.9 Å². The maximum Gasteiger partial charge on any atom is 0.139 e. The van der Waals surface area contributed by atoms with Crippen molar-refractivity contribution < 1.29 is 9.84 Å². The lowest BCUT2D eigenvalue weighted by Gasteiger charge is -2.14. The van der Waals surface area contributed by atoms with Crippen molar-refractivity contribution in [3.63, 3.8) is 0 Å². The van der Waals surface area contributed by atoms with Crippen molar-refractivity contribution in [1.29, 1.82) is 0 Å². The van der Waals surface area contributed by atoms with Gasteiger partial charge in [-0.25, -0.2) is 0 Å². The highest BCUT2D eigenvalue weighted by atomic mass is 35.5. The van der Waals surface area contributed by atoms with Gasteiger partial charge in [0.15, 0.2) is 0 Å². The summed E-state index contributed by atoms with van der Waals surface area (Å²) in [5, 5.41) is 14.0. The average Bonchev–Trinajstić information content (AvgIpc) is 2.39. The number of thioether (sulfide) groups is 1. The number of ether oxygens (including phenoxy) is 1. The number of hydrogen-bond donors (Lipinski definition) is 2. The van der Waals surface area contributed by atoms with Crippen LogP contribution in [0.25, 0.3) is 0 Å². The third kappa shape index (κ3) is 7.28. The Morgan fingerprint density at radius 3 is 2.95 bits per heavy atom. The lowest BCUT2D eigenvalue weighted by Crippen LogP contribution is -2.32. The van der Waals surface area contributed by atoms with Crippen molar-refractivity contribution in [2.75, 3.05) is 31.7 Å². The van der Waals surface area contributed by atoms with Gasteiger partial charge in [-0.15, -0.1) is 0 Å². The number of aliphatic hydroxyl groups excluding tert-OH is 1. The minimum absolute atomic E-state index is 0.190. The Kier molecular flexibility index (Phi) is 8.66. The molecule has 1 aromatic carbocycles. The second-order valence-corrected chi connectivity index (χ2v) is 5.92. The monoisotopic (exact) mass is 323 g/mol. The third-order valence-electron chi connectivity index (χ3n) is 2.41. The number of nitrogens with one attached hydrogen (secondary N) is 1. The van der Waals surface area contributed by atoms with Crippen LogP contribution in [0, 0.1) is 0 Å². The van der Waals surface area contributed by atoms with Crippen LogP contribution in [0.15, 0.2) is 18.2 Å². The van der Waals surface area contributed by atoms with Gasteiger partial charge in [-0.2, -0.15) is 11.8 Å². The zero-order valence-corrected chi connectivity index (χ0v) is 13.2. The summed E-state index contributed by atoms with van der Waals surface area (Å²) in [7, 11) is 0. The Bertz CT molecular complexity index is 380. The second kappa shape index (κ2) is 9.72. The first-order valence-corrected chi connectivity index (χ1v) is 8.24. The van der Waals surface area contributed by atoms with Gasteiger partial charge in [0, 0.05) is 17.6 Å². The molecular formula is C13H19Cl2NO2S. The number of benzene rings is 1. The fourth-order valence-electron chi connectivity index (χ4n) is 1.44. The predicted molar refractivity (Wildman–Crippen MR) is 83.8 cm³/mol. The van der Waals surface area contributed by atoms with Crippen LogP contribution in [0.2, 0.25) is 10.0 Å². The van der Waals surface area contributed by atoms with Crippen molar-refractivity contribution in [2.45, 2.75) is 12.5 Å². The number of hydrogen-bond acceptors (Lipinski definition) is 4. The molecule has 0 aliphatic heterocycles. The van der Waals surface area contributed by atoms with E-state index in [1.807, 2.05) is 11.8 Å². The van der Waals surface area contributed by atoms with Crippen molar-refractivity contribution in [2.24, 2.45) is 0 Å². The molecule has 2 N–H and O–H groups in total. The Labute approximate surface area is 128 Å². The van der Waals surface area contributed by atoms with Crippen LogP contribution in [0.1, 0.15) is 6.42 Å². The molecule has 0 aliphatic carbocycles. The smallest absolute Gasteiger partial charge is 0.139 e. The van der Waals surface area contributed by atoms with E-state index in [-0.39, 0.29) is 6.61 Å². The quantitative estimate of drug-likeness (QED) is 0.685. The molecule has 3 nitrogen and oxygen atoms in total. The van der Waals surface area contributed by atoms with E-state index in [9.17, 15) is 5.11 Å². The van der Waals surface area contributed by atoms with E-state index in [4.69, 9.17) is 27.9 Å². The summed E-state index contributed by atoms with van der Waals surface area (Å²) in [6.45, 7) is 1.60. The number of aliphatic hydroxyl groups is 1. The van der Waals surface area contributed by atoms with Crippen molar-refractivity contribution in [3.8, 4) is 5.75 Å². The largest absolute Gasteiger partial charge is 0.489 e. The molecule has 0 amide bonds. The van der Waals surface area contributed by atoms with Gasteiger partial charge < -0.3 is 15.2 Å². The third-order valence-corrected chi connectivity index (χ3v) is 3.65. The first kappa shape index (κ1) is 16.9. The molecule has 0 aromatic heterocycles. The average molecular weight is 324 g/mol. The molecule has 1 aromatic rings. The second-order valence-electron chi connectivity index (χ2n) is 4.09. The number of rotatable bonds is 9. The lowest BCUT2D eigenvalue weighted by molar-refractivity contribution is 0.106. The molecule has 0 radical (unpaired) electrons. The van der Waals surface area contributed by atoms with Crippen LogP contribution in [0.4, 0.5) is 0 Å². The fourth-order valence-corrected chi connectivity index (χ4v) is 2.21. The summed E-state index contributed by atoms with van der Waals surface area (Å²) in [5.41, 5.74) is 0. The Hall–Kier alpha value is -0.130. The minimum atomic E-state index is -0.565. The first-order valence-electron chi connectivity index (χ1n) is 6.09. The van der Waals surface area contributed by atoms with E-state index in [0.717, 1.165) is 18.7 Å². The maximum absolute atomic E-state index is 9.76. The van der Waals surface area contributed by atoms with Gasteiger partial charge >= 0.3 is 0 Å². The molecule has 6 heteroatoms. The van der Waals surface area contributed by atoms with Crippen LogP contribution >= 0.6 is 35.0 Å². The molecule has 0 bridgehead atoms. The summed E-state index contributed by atoms with van der Waals surface area (Å²) in [4.78, 5) is 0. The van der Waals surface area contributed by atoms with Gasteiger partial charge in [0.2, 0.25) is 0 Å². The summed E-state index contributed by atoms with van der Waals surface area (Å²) in [6.07, 6.45) is 2.61. The molecule has 0 heterocycles. The SMILES string of the molecule is CSCCCNCC(O)COc1cc(Cl)ccc1Cl. The van der Waals surface area contributed by atoms with Crippen molar-refractivity contribution in [1.82, 2.24) is 5.32 Å². The standard InChI is InChI=1S/C13H19Cl2NO2S/c1-19-6-2-5-16-8-11(17)9-18-13-7-10(14)3-4-12(13)15/h3-4,7,11,16-17H,2,5-6,8-9H2,1H3. The van der Waals surface area contributed by atoms with Crippen molar-refractivity contribution in [3.05, 3.63) is 28.2 Å². The highest BCUT2D eigenvalue weighted by molar-refractivity contribution is 7.98. The summed E-state index contributed by atoms with van der Waals surface area (Å²) >= 11 is 13.6. The molecule has 0 fully saturated rings. The van der Waals surface area contributed by atoms with E-state index >= 15 is 0 Å². The Morgan fingerprint density at radius 2 is 2.21 bits per heavy atom. The van der Waals surface area contributed by atoms with Crippen molar-refractivity contribution >= 4 is 35.0 Å². The highest BCUT2D eigenvalue weighted by Gasteiger charge is 2.07. The fraction of sp³-hybridized carbons (Fsp3) is 0.538. The lowest BCUT2D eigenvalue weighted by atomic mass is 10.3. The number of halogens is 2. The van der Waals surface area contributed by atoms with Crippen LogP contribution < -0.4 is 10.1 Å². The molecule has 108 valence electrons. The zero-order chi connectivity index (χ0) is 14.1. The van der Waals surface area contributed by atoms with Crippen LogP contribution in [0.3, 0.4) is 0 Å². The molecule has 0 aliphatic rings. The summed E-state index contributed by atoms with van der Waals surface area (Å²) in [5.74, 6) is 1.62. The molecule has 0 saturated carbocycles. The molecule has 1 rings (SSSR count). The van der Waals surface area contributed by atoms with Crippen LogP contribution in [0.5, 0.6) is 5.75 Å². The zero-order valence-electron chi connectivity index (χ0n) is 10.9. The first-order chi connectivity index (χ1) is 9.13. The Balaban J connectivity index is 2.22. The van der Waals surface area contributed by atoms with Crippen LogP contribution in [-0.2, 0) is 0 Å². The van der Waals surface area contributed by atoms with Gasteiger partial charge in [-0.3, -0.25) is 0 Å². The molecule has 0 spiro atoms. The van der Waals surface area contributed by atoms with E-state index in [0.29, 0.717) is 22.3 Å². The van der Waals surface area contributed by atoms with E-state index in [2.05, 4.69) is 11.6 Å². The molecule has 1 atom stereocenters. The van der Waals surface area contributed by atoms with Gasteiger partial charge in [0.1, 0.15) is 18.5 Å². The Morgan fingerprint density at radius 1 is 1.42 bits per heavy atom. The molecule has 19 heavy (non-hydrogen) atoms. The van der Waals surface area contributed by atoms with Gasteiger partial charge in [-0.1, -0.05) is 23.2 Å². The van der Waals surface area contributed by atoms with E-state index < -0.39 is 6.10 Å². The molecular weight excluding hydrogens is 305 g/mol. The van der Waals surface area contributed by atoms with Gasteiger partial charge in [-0.05, 0) is 37.1 Å². The highest BCUT2D eigenvalue weighted by Crippen LogP contribution is 2.27. The van der Waals surface area contributed by atoms with E-state index in [1.54, 1.807) is 18.2 Å². The van der Waals surface area contributed by atoms with Gasteiger partial charge in [0.25, 0.3) is 0 Å². The molecule has 1 unspecified atom stereocenters. The van der Waals surface area contributed by atoms with E-state index in [1.165, 1.54) is 0 Å². The molecule has 0 saturated heterocycles. The summed E-state index contributed by atoms with van der Waals surface area (Å²) < 4.78 is 5.45. The normalized spacial score (nSPS) is 12.4.